The Balaban J connectivity index is 1.91. The maximum Gasteiger partial charge on any atom is 0.0469 e. The molecule has 0 spiro atoms. The smallest absolute Gasteiger partial charge is 0.0469 e. The lowest BCUT2D eigenvalue weighted by atomic mass is 9.69. The highest BCUT2D eigenvalue weighted by atomic mass is 16.5. The van der Waals surface area contributed by atoms with E-state index < -0.39 is 0 Å². The van der Waals surface area contributed by atoms with E-state index in [-0.39, 0.29) is 0 Å². The molecule has 3 atom stereocenters. The highest BCUT2D eigenvalue weighted by Crippen LogP contribution is 2.38. The molecule has 1 aliphatic carbocycles. The minimum atomic E-state index is 0.438. The van der Waals surface area contributed by atoms with Crippen molar-refractivity contribution in [1.29, 1.82) is 0 Å². The summed E-state index contributed by atoms with van der Waals surface area (Å²) in [5, 5.41) is 3.99. The Morgan fingerprint density at radius 3 is 2.26 bits per heavy atom. The van der Waals surface area contributed by atoms with Gasteiger partial charge in [-0.2, -0.15) is 0 Å². The Morgan fingerprint density at radius 1 is 1.00 bits per heavy atom. The van der Waals surface area contributed by atoms with Gasteiger partial charge in [0.25, 0.3) is 0 Å². The molecule has 2 rings (SSSR count). The monoisotopic (exact) mass is 267 g/mol. The van der Waals surface area contributed by atoms with Crippen molar-refractivity contribution in [1.82, 2.24) is 5.32 Å². The van der Waals surface area contributed by atoms with Gasteiger partial charge in [0.15, 0.2) is 0 Å². The van der Waals surface area contributed by atoms with Gasteiger partial charge in [0.05, 0.1) is 0 Å². The fraction of sp³-hybridized carbons (Fsp3) is 1.00. The Labute approximate surface area is 119 Å². The molecule has 0 aromatic carbocycles. The molecule has 0 bridgehead atoms. The van der Waals surface area contributed by atoms with E-state index in [4.69, 9.17) is 4.74 Å². The molecule has 0 aromatic heterocycles. The van der Waals surface area contributed by atoms with Crippen LogP contribution in [0.25, 0.3) is 0 Å². The van der Waals surface area contributed by atoms with E-state index in [1.165, 1.54) is 38.5 Å². The topological polar surface area (TPSA) is 21.3 Å². The van der Waals surface area contributed by atoms with Gasteiger partial charge < -0.3 is 10.1 Å². The molecular formula is C17H33NO. The van der Waals surface area contributed by atoms with E-state index in [1.54, 1.807) is 0 Å². The maximum absolute atomic E-state index is 5.49. The van der Waals surface area contributed by atoms with E-state index in [1.807, 2.05) is 0 Å². The maximum atomic E-state index is 5.49. The molecule has 0 radical (unpaired) electrons. The lowest BCUT2D eigenvalue weighted by Gasteiger charge is -2.43. The normalized spacial score (nSPS) is 32.2. The molecular weight excluding hydrogens is 234 g/mol. The second-order valence-corrected chi connectivity index (χ2v) is 7.77. The highest BCUT2D eigenvalue weighted by Gasteiger charge is 2.35. The lowest BCUT2D eigenvalue weighted by molar-refractivity contribution is 0.0469. The minimum Gasteiger partial charge on any atom is -0.381 e. The Kier molecular flexibility index (Phi) is 5.30. The van der Waals surface area contributed by atoms with Gasteiger partial charge in [-0.3, -0.25) is 0 Å². The fourth-order valence-electron chi connectivity index (χ4n) is 4.06. The van der Waals surface area contributed by atoms with Crippen molar-refractivity contribution < 1.29 is 4.74 Å². The van der Waals surface area contributed by atoms with Gasteiger partial charge in [0.2, 0.25) is 0 Å². The molecule has 1 aliphatic heterocycles. The SMILES string of the molecule is CC(NC1CCCCC1C(C)(C)C)C1CCOCC1. The van der Waals surface area contributed by atoms with Crippen LogP contribution in [0.2, 0.25) is 0 Å². The van der Waals surface area contributed by atoms with Crippen molar-refractivity contribution in [2.45, 2.75) is 78.3 Å². The first-order chi connectivity index (χ1) is 8.98. The van der Waals surface area contributed by atoms with Gasteiger partial charge >= 0.3 is 0 Å². The summed E-state index contributed by atoms with van der Waals surface area (Å²) in [6.07, 6.45) is 8.08. The van der Waals surface area contributed by atoms with Crippen LogP contribution in [0.1, 0.15) is 66.2 Å². The first-order valence-electron chi connectivity index (χ1n) is 8.32. The van der Waals surface area contributed by atoms with Crippen LogP contribution in [-0.4, -0.2) is 25.3 Å². The number of rotatable bonds is 3. The van der Waals surface area contributed by atoms with Crippen LogP contribution in [0.5, 0.6) is 0 Å². The van der Waals surface area contributed by atoms with Gasteiger partial charge in [0.1, 0.15) is 0 Å². The summed E-state index contributed by atoms with van der Waals surface area (Å²) in [5.74, 6) is 1.65. The third-order valence-electron chi connectivity index (χ3n) is 5.33. The largest absolute Gasteiger partial charge is 0.381 e. The van der Waals surface area contributed by atoms with E-state index in [9.17, 15) is 0 Å². The van der Waals surface area contributed by atoms with E-state index >= 15 is 0 Å². The second kappa shape index (κ2) is 6.58. The van der Waals surface area contributed by atoms with Crippen LogP contribution in [0.4, 0.5) is 0 Å². The first kappa shape index (κ1) is 15.3. The third-order valence-corrected chi connectivity index (χ3v) is 5.33. The van der Waals surface area contributed by atoms with E-state index in [0.717, 1.165) is 31.1 Å². The second-order valence-electron chi connectivity index (χ2n) is 7.77. The van der Waals surface area contributed by atoms with Crippen molar-refractivity contribution in [3.8, 4) is 0 Å². The van der Waals surface area contributed by atoms with Crippen molar-refractivity contribution >= 4 is 0 Å². The van der Waals surface area contributed by atoms with E-state index in [2.05, 4.69) is 33.0 Å². The predicted molar refractivity (Wildman–Crippen MR) is 81.3 cm³/mol. The first-order valence-corrected chi connectivity index (χ1v) is 8.32. The Bertz CT molecular complexity index is 265. The van der Waals surface area contributed by atoms with Crippen LogP contribution in [0.3, 0.4) is 0 Å². The molecule has 2 aliphatic rings. The average molecular weight is 267 g/mol. The molecule has 3 unspecified atom stereocenters. The summed E-state index contributed by atoms with van der Waals surface area (Å²) in [6.45, 7) is 11.6. The summed E-state index contributed by atoms with van der Waals surface area (Å²) in [4.78, 5) is 0. The molecule has 1 N–H and O–H groups in total. The zero-order chi connectivity index (χ0) is 13.9. The highest BCUT2D eigenvalue weighted by molar-refractivity contribution is 4.90. The summed E-state index contributed by atoms with van der Waals surface area (Å²) >= 11 is 0. The van der Waals surface area contributed by atoms with Gasteiger partial charge in [-0.1, -0.05) is 33.6 Å². The minimum absolute atomic E-state index is 0.438. The van der Waals surface area contributed by atoms with Crippen molar-refractivity contribution in [3.05, 3.63) is 0 Å². The van der Waals surface area contributed by atoms with Crippen LogP contribution in [0, 0.1) is 17.3 Å². The van der Waals surface area contributed by atoms with Gasteiger partial charge in [-0.25, -0.2) is 0 Å². The van der Waals surface area contributed by atoms with Crippen LogP contribution >= 0.6 is 0 Å². The van der Waals surface area contributed by atoms with Gasteiger partial charge in [-0.05, 0) is 49.9 Å². The zero-order valence-corrected chi connectivity index (χ0v) is 13.4. The fourth-order valence-corrected chi connectivity index (χ4v) is 4.06. The lowest BCUT2D eigenvalue weighted by Crippen LogP contribution is -2.50. The molecule has 19 heavy (non-hydrogen) atoms. The summed E-state index contributed by atoms with van der Waals surface area (Å²) in [7, 11) is 0. The van der Waals surface area contributed by atoms with Crippen molar-refractivity contribution in [2.75, 3.05) is 13.2 Å². The molecule has 1 saturated heterocycles. The standard InChI is InChI=1S/C17H33NO/c1-13(14-9-11-19-12-10-14)18-16-8-6-5-7-15(16)17(2,3)4/h13-16,18H,5-12H2,1-4H3. The molecule has 0 aromatic rings. The average Bonchev–Trinajstić information content (AvgIpc) is 2.39. The summed E-state index contributed by atoms with van der Waals surface area (Å²) in [6, 6.07) is 1.38. The number of ether oxygens (including phenoxy) is 1. The molecule has 2 heteroatoms. The molecule has 2 nitrogen and oxygen atoms in total. The van der Waals surface area contributed by atoms with Crippen molar-refractivity contribution in [3.63, 3.8) is 0 Å². The van der Waals surface area contributed by atoms with Crippen molar-refractivity contribution in [2.24, 2.45) is 17.3 Å². The number of hydrogen-bond donors (Lipinski definition) is 1. The van der Waals surface area contributed by atoms with E-state index in [0.29, 0.717) is 11.5 Å². The Morgan fingerprint density at radius 2 is 1.63 bits per heavy atom. The predicted octanol–water partition coefficient (Wildman–Crippen LogP) is 4.00. The molecule has 112 valence electrons. The molecule has 1 saturated carbocycles. The molecule has 0 amide bonds. The van der Waals surface area contributed by atoms with Crippen LogP contribution in [0.15, 0.2) is 0 Å². The molecule has 2 fully saturated rings. The van der Waals surface area contributed by atoms with Crippen LogP contribution in [-0.2, 0) is 4.74 Å². The quantitative estimate of drug-likeness (QED) is 0.834. The summed E-state index contributed by atoms with van der Waals surface area (Å²) in [5.41, 5.74) is 0.438. The van der Waals surface area contributed by atoms with Gasteiger partial charge in [0, 0.05) is 25.3 Å². The Hall–Kier alpha value is -0.0800. The summed E-state index contributed by atoms with van der Waals surface area (Å²) < 4.78 is 5.49. The number of nitrogens with one attached hydrogen (secondary N) is 1. The van der Waals surface area contributed by atoms with Gasteiger partial charge in [-0.15, -0.1) is 0 Å². The van der Waals surface area contributed by atoms with Crippen LogP contribution < -0.4 is 5.32 Å². The molecule has 1 heterocycles. The zero-order valence-electron chi connectivity index (χ0n) is 13.4. The third kappa shape index (κ3) is 4.19. The number of hydrogen-bond acceptors (Lipinski definition) is 2.